The zero-order valence-electron chi connectivity index (χ0n) is 16.3. The lowest BCUT2D eigenvalue weighted by molar-refractivity contribution is -0.145. The van der Waals surface area contributed by atoms with Crippen LogP contribution in [0.1, 0.15) is 24.5 Å². The lowest BCUT2D eigenvalue weighted by Gasteiger charge is -2.07. The van der Waals surface area contributed by atoms with Crippen molar-refractivity contribution in [3.8, 4) is 5.75 Å². The number of amides is 2. The number of hydrogen-bond donors (Lipinski definition) is 2. The summed E-state index contributed by atoms with van der Waals surface area (Å²) in [6.45, 7) is 3.68. The molecule has 2 aromatic rings. The van der Waals surface area contributed by atoms with E-state index < -0.39 is 17.8 Å². The minimum Gasteiger partial charge on any atom is -0.482 e. The number of nitrogens with zero attached hydrogens (tertiary/aromatic N) is 1. The molecule has 0 saturated heterocycles. The van der Waals surface area contributed by atoms with Crippen molar-refractivity contribution in [2.75, 3.05) is 18.5 Å². The van der Waals surface area contributed by atoms with Gasteiger partial charge in [-0.05, 0) is 43.2 Å². The smallest absolute Gasteiger partial charge is 0.344 e. The van der Waals surface area contributed by atoms with Gasteiger partial charge in [-0.25, -0.2) is 10.2 Å². The van der Waals surface area contributed by atoms with Gasteiger partial charge >= 0.3 is 5.97 Å². The average Bonchev–Trinajstić information content (AvgIpc) is 2.69. The summed E-state index contributed by atoms with van der Waals surface area (Å²) in [5, 5.41) is 6.52. The fraction of sp³-hybridized carbons (Fsp3) is 0.238. The highest BCUT2D eigenvalue weighted by molar-refractivity contribution is 6.04. The first-order chi connectivity index (χ1) is 14.0. The van der Waals surface area contributed by atoms with Crippen molar-refractivity contribution in [3.05, 3.63) is 59.7 Å². The third kappa shape index (κ3) is 7.84. The second kappa shape index (κ2) is 11.2. The molecular weight excluding hydrogens is 374 g/mol. The van der Waals surface area contributed by atoms with Gasteiger partial charge in [-0.15, -0.1) is 0 Å². The average molecular weight is 397 g/mol. The SMILES string of the molecule is CCOC(=O)COc1cccc(C=NNC(=O)CC(=O)Nc2ccccc2C)c1. The summed E-state index contributed by atoms with van der Waals surface area (Å²) in [6, 6.07) is 14.1. The highest BCUT2D eigenvalue weighted by Crippen LogP contribution is 2.13. The molecule has 0 unspecified atom stereocenters. The van der Waals surface area contributed by atoms with Gasteiger partial charge in [-0.3, -0.25) is 9.59 Å². The topological polar surface area (TPSA) is 106 Å². The Kier molecular flexibility index (Phi) is 8.37. The first-order valence-corrected chi connectivity index (χ1v) is 9.03. The van der Waals surface area contributed by atoms with Gasteiger partial charge in [0.2, 0.25) is 11.8 Å². The molecule has 152 valence electrons. The molecule has 0 atom stereocenters. The highest BCUT2D eigenvalue weighted by Gasteiger charge is 2.10. The molecule has 0 saturated carbocycles. The van der Waals surface area contributed by atoms with E-state index in [0.29, 0.717) is 17.0 Å². The van der Waals surface area contributed by atoms with Gasteiger partial charge in [-0.1, -0.05) is 30.3 Å². The summed E-state index contributed by atoms with van der Waals surface area (Å²) in [4.78, 5) is 35.1. The number of para-hydroxylation sites is 1. The Morgan fingerprint density at radius 2 is 1.86 bits per heavy atom. The van der Waals surface area contributed by atoms with Crippen LogP contribution in [0.3, 0.4) is 0 Å². The Bertz CT molecular complexity index is 895. The molecule has 0 aliphatic carbocycles. The summed E-state index contributed by atoms with van der Waals surface area (Å²) < 4.78 is 10.1. The highest BCUT2D eigenvalue weighted by atomic mass is 16.6. The van der Waals surface area contributed by atoms with Crippen LogP contribution in [0.5, 0.6) is 5.75 Å². The van der Waals surface area contributed by atoms with Crippen molar-refractivity contribution in [1.82, 2.24) is 5.43 Å². The second-order valence-corrected chi connectivity index (χ2v) is 6.00. The molecule has 0 aromatic heterocycles. The molecule has 2 rings (SSSR count). The van der Waals surface area contributed by atoms with Crippen LogP contribution in [0.2, 0.25) is 0 Å². The molecule has 0 heterocycles. The minimum absolute atomic E-state index is 0.193. The molecule has 2 amide bonds. The van der Waals surface area contributed by atoms with Crippen LogP contribution in [-0.2, 0) is 19.1 Å². The van der Waals surface area contributed by atoms with E-state index in [4.69, 9.17) is 9.47 Å². The maximum atomic E-state index is 11.9. The van der Waals surface area contributed by atoms with Gasteiger partial charge in [0.25, 0.3) is 0 Å². The van der Waals surface area contributed by atoms with E-state index in [9.17, 15) is 14.4 Å². The van der Waals surface area contributed by atoms with E-state index in [1.807, 2.05) is 19.1 Å². The third-order valence-corrected chi connectivity index (χ3v) is 3.66. The van der Waals surface area contributed by atoms with Crippen molar-refractivity contribution >= 4 is 29.7 Å². The van der Waals surface area contributed by atoms with Crippen molar-refractivity contribution in [2.45, 2.75) is 20.3 Å². The molecule has 0 fully saturated rings. The number of carbonyl (C=O) groups is 3. The number of aryl methyl sites for hydroxylation is 1. The Hall–Kier alpha value is -3.68. The first-order valence-electron chi connectivity index (χ1n) is 9.03. The lowest BCUT2D eigenvalue weighted by atomic mass is 10.2. The van der Waals surface area contributed by atoms with E-state index >= 15 is 0 Å². The molecular formula is C21H23N3O5. The maximum Gasteiger partial charge on any atom is 0.344 e. The van der Waals surface area contributed by atoms with Gasteiger partial charge in [0, 0.05) is 5.69 Å². The van der Waals surface area contributed by atoms with E-state index in [1.165, 1.54) is 6.21 Å². The summed E-state index contributed by atoms with van der Waals surface area (Å²) in [6.07, 6.45) is 1.06. The molecule has 29 heavy (non-hydrogen) atoms. The van der Waals surface area contributed by atoms with Crippen LogP contribution in [0.25, 0.3) is 0 Å². The fourth-order valence-electron chi connectivity index (χ4n) is 2.30. The van der Waals surface area contributed by atoms with Crippen LogP contribution in [0.4, 0.5) is 5.69 Å². The van der Waals surface area contributed by atoms with Crippen molar-refractivity contribution in [1.29, 1.82) is 0 Å². The first kappa shape index (κ1) is 21.6. The largest absolute Gasteiger partial charge is 0.482 e. The standard InChI is InChI=1S/C21H23N3O5/c1-3-28-21(27)14-29-17-9-6-8-16(11-17)13-22-24-20(26)12-19(25)23-18-10-5-4-7-15(18)2/h4-11,13H,3,12,14H2,1-2H3,(H,23,25)(H,24,26). The van der Waals surface area contributed by atoms with Crippen LogP contribution >= 0.6 is 0 Å². The van der Waals surface area contributed by atoms with Gasteiger partial charge < -0.3 is 14.8 Å². The Balaban J connectivity index is 1.80. The Morgan fingerprint density at radius 3 is 2.62 bits per heavy atom. The molecule has 0 aliphatic heterocycles. The number of carbonyl (C=O) groups excluding carboxylic acids is 3. The molecule has 8 nitrogen and oxygen atoms in total. The number of esters is 1. The van der Waals surface area contributed by atoms with E-state index in [1.54, 1.807) is 43.3 Å². The summed E-state index contributed by atoms with van der Waals surface area (Å²) >= 11 is 0. The quantitative estimate of drug-likeness (QED) is 0.293. The number of rotatable bonds is 9. The predicted octanol–water partition coefficient (Wildman–Crippen LogP) is 2.42. The van der Waals surface area contributed by atoms with E-state index in [-0.39, 0.29) is 19.6 Å². The van der Waals surface area contributed by atoms with Crippen molar-refractivity contribution < 1.29 is 23.9 Å². The number of anilines is 1. The molecule has 0 aliphatic rings. The van der Waals surface area contributed by atoms with Crippen LogP contribution in [0, 0.1) is 6.92 Å². The maximum absolute atomic E-state index is 11.9. The fourth-order valence-corrected chi connectivity index (χ4v) is 2.30. The van der Waals surface area contributed by atoms with Crippen molar-refractivity contribution in [2.24, 2.45) is 5.10 Å². The number of ether oxygens (including phenoxy) is 2. The molecule has 0 bridgehead atoms. The number of hydrazone groups is 1. The number of benzene rings is 2. The molecule has 2 N–H and O–H groups in total. The minimum atomic E-state index is -0.540. The zero-order chi connectivity index (χ0) is 21.1. The van der Waals surface area contributed by atoms with Gasteiger partial charge in [-0.2, -0.15) is 5.10 Å². The molecule has 0 spiro atoms. The summed E-state index contributed by atoms with van der Waals surface area (Å²) in [5.74, 6) is -0.961. The Labute approximate surface area is 168 Å². The zero-order valence-corrected chi connectivity index (χ0v) is 16.3. The normalized spacial score (nSPS) is 10.4. The summed E-state index contributed by atoms with van der Waals surface area (Å²) in [7, 11) is 0. The monoisotopic (exact) mass is 397 g/mol. The van der Waals surface area contributed by atoms with Crippen LogP contribution in [0.15, 0.2) is 53.6 Å². The van der Waals surface area contributed by atoms with Crippen LogP contribution in [-0.4, -0.2) is 37.2 Å². The lowest BCUT2D eigenvalue weighted by Crippen LogP contribution is -2.24. The van der Waals surface area contributed by atoms with Gasteiger partial charge in [0.15, 0.2) is 6.61 Å². The van der Waals surface area contributed by atoms with Gasteiger partial charge in [0.05, 0.1) is 12.8 Å². The van der Waals surface area contributed by atoms with Crippen molar-refractivity contribution in [3.63, 3.8) is 0 Å². The Morgan fingerprint density at radius 1 is 1.07 bits per heavy atom. The predicted molar refractivity (Wildman–Crippen MR) is 109 cm³/mol. The van der Waals surface area contributed by atoms with E-state index in [2.05, 4.69) is 15.8 Å². The number of nitrogens with one attached hydrogen (secondary N) is 2. The molecule has 8 heteroatoms. The molecule has 0 radical (unpaired) electrons. The number of hydrogen-bond acceptors (Lipinski definition) is 6. The van der Waals surface area contributed by atoms with Gasteiger partial charge in [0.1, 0.15) is 12.2 Å². The third-order valence-electron chi connectivity index (χ3n) is 3.66. The molecule has 2 aromatic carbocycles. The van der Waals surface area contributed by atoms with Crippen LogP contribution < -0.4 is 15.5 Å². The summed E-state index contributed by atoms with van der Waals surface area (Å²) in [5.41, 5.74) is 4.52. The van der Waals surface area contributed by atoms with E-state index in [0.717, 1.165) is 5.56 Å². The second-order valence-electron chi connectivity index (χ2n) is 6.00.